The van der Waals surface area contributed by atoms with Crippen molar-refractivity contribution in [2.45, 2.75) is 25.4 Å². The molecule has 1 saturated heterocycles. The second-order valence-corrected chi connectivity index (χ2v) is 4.31. The lowest BCUT2D eigenvalue weighted by atomic mass is 10.2. The molecular weight excluding hydrogens is 184 g/mol. The molecule has 0 bridgehead atoms. The van der Waals surface area contributed by atoms with Crippen molar-refractivity contribution in [2.24, 2.45) is 0 Å². The third-order valence-electron chi connectivity index (χ3n) is 3.17. The van der Waals surface area contributed by atoms with Crippen molar-refractivity contribution >= 4 is 0 Å². The summed E-state index contributed by atoms with van der Waals surface area (Å²) in [4.78, 5) is 2.59. The molecule has 2 heteroatoms. The SMILES string of the molecule is CNC[C@@H]1CCCN1Cc1ccccc1. The summed E-state index contributed by atoms with van der Waals surface area (Å²) in [7, 11) is 2.04. The fraction of sp³-hybridized carbons (Fsp3) is 0.538. The molecule has 1 aliphatic heterocycles. The number of likely N-dealkylation sites (tertiary alicyclic amines) is 1. The first-order valence-corrected chi connectivity index (χ1v) is 5.82. The van der Waals surface area contributed by atoms with Crippen LogP contribution in [-0.4, -0.2) is 31.1 Å². The summed E-state index contributed by atoms with van der Waals surface area (Å²) >= 11 is 0. The Morgan fingerprint density at radius 3 is 2.87 bits per heavy atom. The van der Waals surface area contributed by atoms with Gasteiger partial charge < -0.3 is 5.32 Å². The largest absolute Gasteiger partial charge is 0.318 e. The normalized spacial score (nSPS) is 22.1. The second-order valence-electron chi connectivity index (χ2n) is 4.31. The highest BCUT2D eigenvalue weighted by atomic mass is 15.2. The van der Waals surface area contributed by atoms with Crippen LogP contribution in [0.25, 0.3) is 0 Å². The van der Waals surface area contributed by atoms with Gasteiger partial charge in [0.25, 0.3) is 0 Å². The van der Waals surface area contributed by atoms with Crippen LogP contribution in [-0.2, 0) is 6.54 Å². The Hall–Kier alpha value is -0.860. The lowest BCUT2D eigenvalue weighted by Gasteiger charge is -2.24. The quantitative estimate of drug-likeness (QED) is 0.805. The lowest BCUT2D eigenvalue weighted by molar-refractivity contribution is 0.242. The van der Waals surface area contributed by atoms with E-state index in [1.54, 1.807) is 0 Å². The zero-order valence-electron chi connectivity index (χ0n) is 9.45. The maximum Gasteiger partial charge on any atom is 0.0237 e. The highest BCUT2D eigenvalue weighted by Gasteiger charge is 2.23. The Morgan fingerprint density at radius 2 is 2.13 bits per heavy atom. The molecule has 0 radical (unpaired) electrons. The van der Waals surface area contributed by atoms with E-state index in [9.17, 15) is 0 Å². The smallest absolute Gasteiger partial charge is 0.0237 e. The minimum Gasteiger partial charge on any atom is -0.318 e. The summed E-state index contributed by atoms with van der Waals surface area (Å²) in [6, 6.07) is 11.5. The molecule has 2 rings (SSSR count). The van der Waals surface area contributed by atoms with E-state index in [4.69, 9.17) is 0 Å². The van der Waals surface area contributed by atoms with Crippen LogP contribution < -0.4 is 5.32 Å². The van der Waals surface area contributed by atoms with Crippen LogP contribution in [0.15, 0.2) is 30.3 Å². The minimum atomic E-state index is 0.732. The molecule has 0 unspecified atom stereocenters. The van der Waals surface area contributed by atoms with Gasteiger partial charge in [0, 0.05) is 19.1 Å². The van der Waals surface area contributed by atoms with Crippen molar-refractivity contribution in [3.8, 4) is 0 Å². The van der Waals surface area contributed by atoms with Crippen LogP contribution in [0.2, 0.25) is 0 Å². The summed E-state index contributed by atoms with van der Waals surface area (Å²) < 4.78 is 0. The molecule has 0 amide bonds. The van der Waals surface area contributed by atoms with Crippen LogP contribution in [0.3, 0.4) is 0 Å². The third-order valence-corrected chi connectivity index (χ3v) is 3.17. The Balaban J connectivity index is 1.93. The van der Waals surface area contributed by atoms with Gasteiger partial charge in [0.1, 0.15) is 0 Å². The molecule has 0 aromatic heterocycles. The fourth-order valence-electron chi connectivity index (χ4n) is 2.39. The summed E-state index contributed by atoms with van der Waals surface area (Å²) in [6.07, 6.45) is 2.69. The second kappa shape index (κ2) is 5.29. The molecule has 15 heavy (non-hydrogen) atoms. The van der Waals surface area contributed by atoms with Gasteiger partial charge in [-0.3, -0.25) is 4.90 Å². The van der Waals surface area contributed by atoms with Crippen molar-refractivity contribution in [1.29, 1.82) is 0 Å². The van der Waals surface area contributed by atoms with Crippen molar-refractivity contribution in [3.05, 3.63) is 35.9 Å². The average molecular weight is 204 g/mol. The third kappa shape index (κ3) is 2.80. The number of benzene rings is 1. The van der Waals surface area contributed by atoms with E-state index in [2.05, 4.69) is 40.5 Å². The summed E-state index contributed by atoms with van der Waals surface area (Å²) in [5, 5.41) is 3.28. The molecule has 2 nitrogen and oxygen atoms in total. The standard InChI is InChI=1S/C13H20N2/c1-14-10-13-8-5-9-15(13)11-12-6-3-2-4-7-12/h2-4,6-7,13-14H,5,8-11H2,1H3/t13-/m0/s1. The van der Waals surface area contributed by atoms with Gasteiger partial charge in [0.2, 0.25) is 0 Å². The molecule has 1 aliphatic rings. The van der Waals surface area contributed by atoms with Gasteiger partial charge in [-0.05, 0) is 32.0 Å². The van der Waals surface area contributed by atoms with Gasteiger partial charge in [0.15, 0.2) is 0 Å². The topological polar surface area (TPSA) is 15.3 Å². The number of nitrogens with zero attached hydrogens (tertiary/aromatic N) is 1. The molecule has 1 heterocycles. The van der Waals surface area contributed by atoms with Crippen molar-refractivity contribution in [1.82, 2.24) is 10.2 Å². The maximum absolute atomic E-state index is 3.28. The summed E-state index contributed by atoms with van der Waals surface area (Å²) in [5.41, 5.74) is 1.43. The first-order valence-electron chi connectivity index (χ1n) is 5.82. The van der Waals surface area contributed by atoms with E-state index < -0.39 is 0 Å². The molecule has 1 aromatic rings. The van der Waals surface area contributed by atoms with E-state index >= 15 is 0 Å². The first-order chi connectivity index (χ1) is 7.40. The maximum atomic E-state index is 3.28. The Labute approximate surface area is 92.3 Å². The Kier molecular flexibility index (Phi) is 3.75. The van der Waals surface area contributed by atoms with Crippen LogP contribution in [0, 0.1) is 0 Å². The predicted octanol–water partition coefficient (Wildman–Crippen LogP) is 1.87. The first kappa shape index (κ1) is 10.7. The molecule has 1 atom stereocenters. The molecule has 0 saturated carbocycles. The highest BCUT2D eigenvalue weighted by Crippen LogP contribution is 2.19. The molecule has 1 fully saturated rings. The van der Waals surface area contributed by atoms with Crippen LogP contribution in [0.1, 0.15) is 18.4 Å². The monoisotopic (exact) mass is 204 g/mol. The van der Waals surface area contributed by atoms with E-state index in [-0.39, 0.29) is 0 Å². The summed E-state index contributed by atoms with van der Waals surface area (Å²) in [6.45, 7) is 3.47. The van der Waals surface area contributed by atoms with Crippen LogP contribution >= 0.6 is 0 Å². The average Bonchev–Trinajstić information content (AvgIpc) is 2.68. The lowest BCUT2D eigenvalue weighted by Crippen LogP contribution is -2.36. The fourth-order valence-corrected chi connectivity index (χ4v) is 2.39. The van der Waals surface area contributed by atoms with Crippen molar-refractivity contribution in [3.63, 3.8) is 0 Å². The van der Waals surface area contributed by atoms with Gasteiger partial charge in [-0.1, -0.05) is 30.3 Å². The van der Waals surface area contributed by atoms with Gasteiger partial charge in [0.05, 0.1) is 0 Å². The van der Waals surface area contributed by atoms with E-state index in [0.29, 0.717) is 0 Å². The minimum absolute atomic E-state index is 0.732. The molecular formula is C13H20N2. The predicted molar refractivity (Wildman–Crippen MR) is 63.8 cm³/mol. The Morgan fingerprint density at radius 1 is 1.33 bits per heavy atom. The molecule has 82 valence electrons. The molecule has 0 aliphatic carbocycles. The van der Waals surface area contributed by atoms with Gasteiger partial charge in [-0.15, -0.1) is 0 Å². The molecule has 0 spiro atoms. The number of rotatable bonds is 4. The van der Waals surface area contributed by atoms with E-state index in [1.165, 1.54) is 24.9 Å². The summed E-state index contributed by atoms with van der Waals surface area (Å²) in [5.74, 6) is 0. The van der Waals surface area contributed by atoms with Gasteiger partial charge >= 0.3 is 0 Å². The van der Waals surface area contributed by atoms with E-state index in [0.717, 1.165) is 19.1 Å². The van der Waals surface area contributed by atoms with Crippen LogP contribution in [0.4, 0.5) is 0 Å². The Bertz CT molecular complexity index is 284. The number of hydrogen-bond acceptors (Lipinski definition) is 2. The van der Waals surface area contributed by atoms with Crippen molar-refractivity contribution < 1.29 is 0 Å². The zero-order chi connectivity index (χ0) is 10.5. The highest BCUT2D eigenvalue weighted by molar-refractivity contribution is 5.14. The number of hydrogen-bond donors (Lipinski definition) is 1. The molecule has 1 N–H and O–H groups in total. The molecule has 1 aromatic carbocycles. The zero-order valence-corrected chi connectivity index (χ0v) is 9.45. The number of nitrogens with one attached hydrogen (secondary N) is 1. The van der Waals surface area contributed by atoms with Gasteiger partial charge in [-0.2, -0.15) is 0 Å². The number of likely N-dealkylation sites (N-methyl/N-ethyl adjacent to an activating group) is 1. The van der Waals surface area contributed by atoms with Crippen LogP contribution in [0.5, 0.6) is 0 Å². The van der Waals surface area contributed by atoms with E-state index in [1.807, 2.05) is 7.05 Å². The van der Waals surface area contributed by atoms with Crippen molar-refractivity contribution in [2.75, 3.05) is 20.1 Å². The van der Waals surface area contributed by atoms with Gasteiger partial charge in [-0.25, -0.2) is 0 Å².